The monoisotopic (exact) mass is 524 g/mol. The van der Waals surface area contributed by atoms with E-state index in [9.17, 15) is 4.79 Å². The van der Waals surface area contributed by atoms with Crippen LogP contribution in [0.2, 0.25) is 0 Å². The molecule has 1 aromatic carbocycles. The van der Waals surface area contributed by atoms with Crippen LogP contribution in [0.15, 0.2) is 27.7 Å². The molecule has 0 aliphatic carbocycles. The molecule has 1 atom stereocenters. The summed E-state index contributed by atoms with van der Waals surface area (Å²) in [6.07, 6.45) is 1.50. The van der Waals surface area contributed by atoms with Crippen molar-refractivity contribution in [2.24, 2.45) is 4.99 Å². The van der Waals surface area contributed by atoms with Crippen LogP contribution in [0.5, 0.6) is 5.75 Å². The van der Waals surface area contributed by atoms with Gasteiger partial charge in [-0.05, 0) is 24.6 Å². The summed E-state index contributed by atoms with van der Waals surface area (Å²) in [6, 6.07) is 6.14. The van der Waals surface area contributed by atoms with Crippen LogP contribution in [0.25, 0.3) is 0 Å². The standard InChI is InChI=1S/C17H25BrN4O2.HI/c1-4-16(23)22-8-7-14(11-22)21-17(19-2)20-10-12-9-13(18)5-6-15(12)24-3;/h5-6,9,14H,4,7-8,10-11H2,1-3H3,(H2,19,20,21);1H. The van der Waals surface area contributed by atoms with Crippen LogP contribution in [-0.4, -0.2) is 50.1 Å². The van der Waals surface area contributed by atoms with Crippen LogP contribution in [0.1, 0.15) is 25.3 Å². The highest BCUT2D eigenvalue weighted by molar-refractivity contribution is 14.0. The van der Waals surface area contributed by atoms with Gasteiger partial charge in [0.2, 0.25) is 5.91 Å². The zero-order valence-corrected chi connectivity index (χ0v) is 18.8. The molecule has 2 rings (SSSR count). The molecule has 1 aliphatic heterocycles. The second-order valence-corrected chi connectivity index (χ2v) is 6.62. The van der Waals surface area contributed by atoms with Crippen LogP contribution in [0.3, 0.4) is 0 Å². The lowest BCUT2D eigenvalue weighted by Gasteiger charge is -2.19. The summed E-state index contributed by atoms with van der Waals surface area (Å²) >= 11 is 3.48. The molecule has 0 bridgehead atoms. The quantitative estimate of drug-likeness (QED) is 0.353. The minimum Gasteiger partial charge on any atom is -0.496 e. The Morgan fingerprint density at radius 2 is 2.24 bits per heavy atom. The number of methoxy groups -OCH3 is 1. The van der Waals surface area contributed by atoms with E-state index in [1.54, 1.807) is 14.2 Å². The Morgan fingerprint density at radius 1 is 1.48 bits per heavy atom. The number of guanidine groups is 1. The highest BCUT2D eigenvalue weighted by atomic mass is 127. The summed E-state index contributed by atoms with van der Waals surface area (Å²) in [5.41, 5.74) is 1.05. The van der Waals surface area contributed by atoms with Crippen molar-refractivity contribution in [1.82, 2.24) is 15.5 Å². The number of amides is 1. The number of halogens is 2. The van der Waals surface area contributed by atoms with E-state index >= 15 is 0 Å². The SMILES string of the molecule is CCC(=O)N1CCC(NC(=NC)NCc2cc(Br)ccc2OC)C1.I. The van der Waals surface area contributed by atoms with E-state index in [1.165, 1.54) is 0 Å². The van der Waals surface area contributed by atoms with E-state index in [0.717, 1.165) is 41.3 Å². The molecular weight excluding hydrogens is 499 g/mol. The molecule has 25 heavy (non-hydrogen) atoms. The zero-order valence-electron chi connectivity index (χ0n) is 14.8. The van der Waals surface area contributed by atoms with E-state index in [0.29, 0.717) is 13.0 Å². The summed E-state index contributed by atoms with van der Waals surface area (Å²) in [5, 5.41) is 6.70. The second-order valence-electron chi connectivity index (χ2n) is 5.71. The smallest absolute Gasteiger partial charge is 0.222 e. The van der Waals surface area contributed by atoms with Crippen molar-refractivity contribution >= 4 is 51.8 Å². The average Bonchev–Trinajstić information content (AvgIpc) is 3.06. The van der Waals surface area contributed by atoms with E-state index in [-0.39, 0.29) is 35.9 Å². The molecule has 1 saturated heterocycles. The fourth-order valence-electron chi connectivity index (χ4n) is 2.78. The molecular formula is C17H26BrIN4O2. The first-order chi connectivity index (χ1) is 11.6. The molecule has 0 aromatic heterocycles. The van der Waals surface area contributed by atoms with Crippen molar-refractivity contribution in [2.45, 2.75) is 32.4 Å². The van der Waals surface area contributed by atoms with Crippen LogP contribution < -0.4 is 15.4 Å². The van der Waals surface area contributed by atoms with Gasteiger partial charge >= 0.3 is 0 Å². The van der Waals surface area contributed by atoms with Crippen molar-refractivity contribution in [3.8, 4) is 5.75 Å². The minimum atomic E-state index is 0. The molecule has 8 heteroatoms. The maximum atomic E-state index is 11.8. The first kappa shape index (κ1) is 22.0. The third-order valence-electron chi connectivity index (χ3n) is 4.10. The molecule has 1 aromatic rings. The molecule has 1 fully saturated rings. The molecule has 6 nitrogen and oxygen atoms in total. The van der Waals surface area contributed by atoms with Gasteiger partial charge in [-0.15, -0.1) is 24.0 Å². The van der Waals surface area contributed by atoms with Gasteiger partial charge in [0.15, 0.2) is 5.96 Å². The number of carbonyl (C=O) groups is 1. The topological polar surface area (TPSA) is 66.0 Å². The third kappa shape index (κ3) is 6.32. The molecule has 0 spiro atoms. The van der Waals surface area contributed by atoms with Crippen molar-refractivity contribution < 1.29 is 9.53 Å². The Kier molecular flexibility index (Phi) is 9.55. The number of hydrogen-bond acceptors (Lipinski definition) is 3. The Balaban J connectivity index is 0.00000312. The van der Waals surface area contributed by atoms with Crippen LogP contribution in [0, 0.1) is 0 Å². The minimum absolute atomic E-state index is 0. The molecule has 0 radical (unpaired) electrons. The Bertz CT molecular complexity index is 612. The van der Waals surface area contributed by atoms with E-state index in [2.05, 4.69) is 31.6 Å². The molecule has 1 heterocycles. The van der Waals surface area contributed by atoms with Crippen molar-refractivity contribution in [1.29, 1.82) is 0 Å². The van der Waals surface area contributed by atoms with Gasteiger partial charge in [0, 0.05) is 49.2 Å². The summed E-state index contributed by atoms with van der Waals surface area (Å²) in [4.78, 5) is 17.9. The molecule has 1 amide bonds. The molecule has 0 saturated carbocycles. The van der Waals surface area contributed by atoms with Gasteiger partial charge in [0.1, 0.15) is 5.75 Å². The van der Waals surface area contributed by atoms with Gasteiger partial charge in [-0.3, -0.25) is 9.79 Å². The van der Waals surface area contributed by atoms with Crippen LogP contribution in [-0.2, 0) is 11.3 Å². The lowest BCUT2D eigenvalue weighted by Crippen LogP contribution is -2.44. The summed E-state index contributed by atoms with van der Waals surface area (Å²) in [7, 11) is 3.41. The zero-order chi connectivity index (χ0) is 17.5. The maximum absolute atomic E-state index is 11.8. The predicted molar refractivity (Wildman–Crippen MR) is 115 cm³/mol. The van der Waals surface area contributed by atoms with Crippen molar-refractivity contribution in [2.75, 3.05) is 27.2 Å². The number of hydrogen-bond donors (Lipinski definition) is 2. The lowest BCUT2D eigenvalue weighted by atomic mass is 10.2. The molecule has 1 unspecified atom stereocenters. The molecule has 2 N–H and O–H groups in total. The predicted octanol–water partition coefficient (Wildman–Crippen LogP) is 2.75. The summed E-state index contributed by atoms with van der Waals surface area (Å²) < 4.78 is 6.39. The second kappa shape index (κ2) is 10.8. The van der Waals surface area contributed by atoms with E-state index in [1.807, 2.05) is 30.0 Å². The number of nitrogens with zero attached hydrogens (tertiary/aromatic N) is 2. The highest BCUT2D eigenvalue weighted by Crippen LogP contribution is 2.22. The number of carbonyl (C=O) groups excluding carboxylic acids is 1. The van der Waals surface area contributed by atoms with Gasteiger partial charge in [-0.1, -0.05) is 22.9 Å². The number of benzene rings is 1. The van der Waals surface area contributed by atoms with Gasteiger partial charge in [0.25, 0.3) is 0 Å². The summed E-state index contributed by atoms with van der Waals surface area (Å²) in [5.74, 6) is 1.77. The largest absolute Gasteiger partial charge is 0.496 e. The van der Waals surface area contributed by atoms with Crippen LogP contribution in [0.4, 0.5) is 0 Å². The maximum Gasteiger partial charge on any atom is 0.222 e. The fourth-order valence-corrected chi connectivity index (χ4v) is 3.19. The Hall–Kier alpha value is -1.03. The number of likely N-dealkylation sites (tertiary alicyclic amines) is 1. The van der Waals surface area contributed by atoms with Crippen LogP contribution >= 0.6 is 39.9 Å². The first-order valence-electron chi connectivity index (χ1n) is 8.14. The highest BCUT2D eigenvalue weighted by Gasteiger charge is 2.25. The number of ether oxygens (including phenoxy) is 1. The van der Waals surface area contributed by atoms with Crippen molar-refractivity contribution in [3.63, 3.8) is 0 Å². The van der Waals surface area contributed by atoms with Gasteiger partial charge < -0.3 is 20.3 Å². The fraction of sp³-hybridized carbons (Fsp3) is 0.529. The third-order valence-corrected chi connectivity index (χ3v) is 4.59. The van der Waals surface area contributed by atoms with Gasteiger partial charge in [0.05, 0.1) is 7.11 Å². The van der Waals surface area contributed by atoms with E-state index in [4.69, 9.17) is 4.74 Å². The average molecular weight is 525 g/mol. The lowest BCUT2D eigenvalue weighted by molar-refractivity contribution is -0.129. The van der Waals surface area contributed by atoms with Crippen molar-refractivity contribution in [3.05, 3.63) is 28.2 Å². The number of rotatable bonds is 5. The van der Waals surface area contributed by atoms with Gasteiger partial charge in [-0.25, -0.2) is 0 Å². The Morgan fingerprint density at radius 3 is 2.88 bits per heavy atom. The molecule has 1 aliphatic rings. The van der Waals surface area contributed by atoms with E-state index < -0.39 is 0 Å². The first-order valence-corrected chi connectivity index (χ1v) is 8.94. The summed E-state index contributed by atoms with van der Waals surface area (Å²) in [6.45, 7) is 4.04. The normalized spacial score (nSPS) is 17.0. The molecule has 140 valence electrons. The van der Waals surface area contributed by atoms with Gasteiger partial charge in [-0.2, -0.15) is 0 Å². The number of nitrogens with one attached hydrogen (secondary N) is 2. The Labute approximate surface area is 174 Å². The number of aliphatic imine (C=N–C) groups is 1.